The predicted octanol–water partition coefficient (Wildman–Crippen LogP) is -5.66. The van der Waals surface area contributed by atoms with E-state index in [1.165, 1.54) is 6.92 Å². The molecule has 0 unspecified atom stereocenters. The molecule has 1 aliphatic carbocycles. The Morgan fingerprint density at radius 3 is 2.45 bits per heavy atom. The zero-order valence-electron chi connectivity index (χ0n) is 24.8. The lowest BCUT2D eigenvalue weighted by Gasteiger charge is -2.48. The van der Waals surface area contributed by atoms with Crippen molar-refractivity contribution >= 4 is 11.9 Å². The van der Waals surface area contributed by atoms with Gasteiger partial charge >= 0.3 is 5.97 Å². The molecule has 18 nitrogen and oxygen atoms in total. The Bertz CT molecular complexity index is 998. The van der Waals surface area contributed by atoms with Crippen LogP contribution in [-0.4, -0.2) is 155 Å². The molecule has 2 aliphatic heterocycles. The van der Waals surface area contributed by atoms with Gasteiger partial charge in [0, 0.05) is 14.0 Å². The number of likely N-dealkylation sites (N-methyl/N-ethyl adjacent to an activating group) is 1. The minimum Gasteiger partial charge on any atom is -0.479 e. The van der Waals surface area contributed by atoms with Gasteiger partial charge in [0.15, 0.2) is 12.4 Å². The first-order valence-corrected chi connectivity index (χ1v) is 14.5. The fourth-order valence-electron chi connectivity index (χ4n) is 5.51. The monoisotopic (exact) mass is 638 g/mol. The summed E-state index contributed by atoms with van der Waals surface area (Å²) in [6.07, 6.45) is -8.82. The molecule has 0 radical (unpaired) electrons. The van der Waals surface area contributed by atoms with Gasteiger partial charge in [-0.1, -0.05) is 0 Å². The zero-order valence-corrected chi connectivity index (χ0v) is 24.8. The average molecular weight is 639 g/mol. The molecule has 2 heterocycles. The van der Waals surface area contributed by atoms with E-state index in [-0.39, 0.29) is 40.5 Å². The van der Waals surface area contributed by atoms with E-state index in [0.29, 0.717) is 12.2 Å². The van der Waals surface area contributed by atoms with Gasteiger partial charge in [-0.05, 0) is 45.9 Å². The van der Waals surface area contributed by atoms with Gasteiger partial charge < -0.3 is 82.7 Å². The van der Waals surface area contributed by atoms with Crippen LogP contribution in [0.3, 0.4) is 0 Å². The minimum absolute atomic E-state index is 0. The largest absolute Gasteiger partial charge is 0.479 e. The number of amides is 1. The van der Waals surface area contributed by atoms with Gasteiger partial charge in [-0.3, -0.25) is 4.79 Å². The molecule has 0 spiro atoms. The molecule has 1 amide bonds. The highest BCUT2D eigenvalue weighted by Crippen LogP contribution is 2.32. The van der Waals surface area contributed by atoms with Crippen LogP contribution in [0.25, 0.3) is 0 Å². The van der Waals surface area contributed by atoms with E-state index in [0.717, 1.165) is 0 Å². The first-order valence-electron chi connectivity index (χ1n) is 14.5. The zero-order chi connectivity index (χ0) is 32.8. The number of hydrogen-bond acceptors (Lipinski definition) is 16. The molecule has 0 aromatic heterocycles. The molecule has 0 aromatic carbocycles. The number of aliphatic carboxylic acids is 1. The molecule has 0 bridgehead atoms. The van der Waals surface area contributed by atoms with Gasteiger partial charge in [-0.25, -0.2) is 4.79 Å². The lowest BCUT2D eigenvalue weighted by molar-refractivity contribution is -0.304. The summed E-state index contributed by atoms with van der Waals surface area (Å²) in [5, 5.41) is 69.8. The Morgan fingerprint density at radius 2 is 1.82 bits per heavy atom. The van der Waals surface area contributed by atoms with Gasteiger partial charge in [-0.2, -0.15) is 0 Å². The molecule has 3 rings (SSSR count). The summed E-state index contributed by atoms with van der Waals surface area (Å²) in [4.78, 5) is 23.5. The van der Waals surface area contributed by atoms with E-state index in [4.69, 9.17) is 41.3 Å². The van der Waals surface area contributed by atoms with Gasteiger partial charge in [-0.15, -0.1) is 0 Å². The summed E-state index contributed by atoms with van der Waals surface area (Å²) in [6.45, 7) is 1.15. The highest BCUT2D eigenvalue weighted by Gasteiger charge is 2.52. The molecule has 0 aromatic rings. The second kappa shape index (κ2) is 16.0. The number of carbonyl (C=O) groups excluding carboxylic acids is 1. The molecule has 1 saturated carbocycles. The van der Waals surface area contributed by atoms with Crippen molar-refractivity contribution in [1.82, 2.24) is 16.0 Å². The number of hydrogen-bond donors (Lipinski definition) is 12. The summed E-state index contributed by atoms with van der Waals surface area (Å²) in [7, 11) is 1.55. The van der Waals surface area contributed by atoms with Crippen LogP contribution < -0.4 is 33.2 Å². The van der Waals surface area contributed by atoms with E-state index in [1.54, 1.807) is 13.1 Å². The van der Waals surface area contributed by atoms with Crippen molar-refractivity contribution in [3.8, 4) is 0 Å². The van der Waals surface area contributed by atoms with Crippen molar-refractivity contribution in [1.29, 1.82) is 0 Å². The quantitative estimate of drug-likeness (QED) is 0.0843. The summed E-state index contributed by atoms with van der Waals surface area (Å²) in [5.74, 6) is -1.77. The molecule has 3 aliphatic rings. The fraction of sp³-hybridized carbons (Fsp3) is 0.846. The van der Waals surface area contributed by atoms with Gasteiger partial charge in [0.2, 0.25) is 12.2 Å². The van der Waals surface area contributed by atoms with Crippen molar-refractivity contribution in [3.05, 3.63) is 11.8 Å². The van der Waals surface area contributed by atoms with E-state index in [1.807, 2.05) is 0 Å². The van der Waals surface area contributed by atoms with Crippen LogP contribution in [-0.2, 0) is 28.5 Å². The van der Waals surface area contributed by atoms with Crippen LogP contribution in [0.4, 0.5) is 0 Å². The summed E-state index contributed by atoms with van der Waals surface area (Å²) < 4.78 is 23.6. The van der Waals surface area contributed by atoms with Crippen LogP contribution in [0.5, 0.6) is 0 Å². The Kier molecular flexibility index (Phi) is 13.2. The lowest BCUT2D eigenvalue weighted by atomic mass is 9.83. The normalized spacial score (nSPS) is 39.1. The topological polar surface area (TPSA) is 307 Å². The number of rotatable bonds is 14. The summed E-state index contributed by atoms with van der Waals surface area (Å²) in [6, 6.07) is -3.39. The SMILES string of the molecule is CN[C@@H]1[C@@H](O)[C@@H](O[C@@H]2[C@@H](O)[C@H](O[C@H]3OC(CNC[C@H](O)C(=O)O)=CC[C@H]3N)[C@@H](N)C[C@H]2NC(=O)[C@@H](O)CCN)OC[C@]1(C)O.[HH]. The minimum atomic E-state index is -1.60. The second-order valence-electron chi connectivity index (χ2n) is 11.6. The maximum atomic E-state index is 12.7. The standard InChI is InChI=1S/C26H48N6O12.H2/c1-26(40)10-41-25(18(36)21(26)30-2)44-20-14(32-22(37)15(33)5-6-27)7-13(29)19(17(20)35)43-24-12(28)4-3-11(42-24)8-31-9-16(34)23(38)39;/h3,12-21,24-25,30-31,33-36,40H,4-10,27-29H2,1-2H3,(H,32,37)(H,38,39);1H/t12-,13+,14-,15+,16+,17+,18-,19-,20+,21-,24-,25-,26+;/m1./s1. The first-order chi connectivity index (χ1) is 20.7. The van der Waals surface area contributed by atoms with E-state index >= 15 is 0 Å². The number of aliphatic hydroxyl groups excluding tert-OH is 4. The van der Waals surface area contributed by atoms with Crippen LogP contribution in [0.2, 0.25) is 0 Å². The van der Waals surface area contributed by atoms with Crippen LogP contribution in [0.15, 0.2) is 11.8 Å². The van der Waals surface area contributed by atoms with Crippen molar-refractivity contribution in [2.45, 2.75) is 105 Å². The molecule has 2 fully saturated rings. The molecule has 15 N–H and O–H groups in total. The summed E-state index contributed by atoms with van der Waals surface area (Å²) >= 11 is 0. The molecular formula is C26H50N6O12. The van der Waals surface area contributed by atoms with Gasteiger partial charge in [0.1, 0.15) is 41.9 Å². The maximum absolute atomic E-state index is 12.7. The Morgan fingerprint density at radius 1 is 1.14 bits per heavy atom. The van der Waals surface area contributed by atoms with Crippen LogP contribution in [0.1, 0.15) is 27.6 Å². The first kappa shape index (κ1) is 36.4. The molecular weight excluding hydrogens is 588 g/mol. The third-order valence-electron chi connectivity index (χ3n) is 7.97. The van der Waals surface area contributed by atoms with Crippen molar-refractivity contribution in [3.63, 3.8) is 0 Å². The number of aliphatic hydroxyl groups is 5. The molecule has 256 valence electrons. The Balaban J connectivity index is 0.00000705. The maximum Gasteiger partial charge on any atom is 0.333 e. The number of carboxylic acid groups (broad SMARTS) is 1. The highest BCUT2D eigenvalue weighted by molar-refractivity contribution is 5.80. The van der Waals surface area contributed by atoms with E-state index in [2.05, 4.69) is 16.0 Å². The fourth-order valence-corrected chi connectivity index (χ4v) is 5.51. The Hall–Kier alpha value is -2.04. The summed E-state index contributed by atoms with van der Waals surface area (Å²) in [5.41, 5.74) is 16.6. The van der Waals surface area contributed by atoms with E-state index < -0.39 is 90.8 Å². The second-order valence-corrected chi connectivity index (χ2v) is 11.6. The number of carbonyl (C=O) groups is 2. The average Bonchev–Trinajstić information content (AvgIpc) is 2.95. The number of ether oxygens (including phenoxy) is 4. The third kappa shape index (κ3) is 9.03. The highest BCUT2D eigenvalue weighted by atomic mass is 16.7. The number of carboxylic acids is 1. The van der Waals surface area contributed by atoms with Gasteiger partial charge in [0.05, 0.1) is 31.3 Å². The number of nitrogens with two attached hydrogens (primary N) is 3. The number of nitrogens with one attached hydrogen (secondary N) is 3. The molecule has 13 atom stereocenters. The van der Waals surface area contributed by atoms with E-state index in [9.17, 15) is 35.1 Å². The van der Waals surface area contributed by atoms with Crippen molar-refractivity contribution < 1.29 is 60.6 Å². The predicted molar refractivity (Wildman–Crippen MR) is 153 cm³/mol. The van der Waals surface area contributed by atoms with Crippen LogP contribution in [0, 0.1) is 0 Å². The van der Waals surface area contributed by atoms with Crippen molar-refractivity contribution in [2.24, 2.45) is 17.2 Å². The third-order valence-corrected chi connectivity index (χ3v) is 7.97. The van der Waals surface area contributed by atoms with Crippen LogP contribution >= 0.6 is 0 Å². The smallest absolute Gasteiger partial charge is 0.333 e. The van der Waals surface area contributed by atoms with Gasteiger partial charge in [0.25, 0.3) is 0 Å². The Labute approximate surface area is 256 Å². The molecule has 1 saturated heterocycles. The molecule has 18 heteroatoms. The molecule has 44 heavy (non-hydrogen) atoms. The lowest BCUT2D eigenvalue weighted by Crippen LogP contribution is -2.69. The van der Waals surface area contributed by atoms with Crippen molar-refractivity contribution in [2.75, 3.05) is 33.3 Å².